The Hall–Kier alpha value is -1.71. The first-order valence-electron chi connectivity index (χ1n) is 7.03. The van der Waals surface area contributed by atoms with E-state index in [0.717, 1.165) is 6.42 Å². The van der Waals surface area contributed by atoms with Crippen molar-refractivity contribution < 1.29 is 9.53 Å². The minimum absolute atomic E-state index is 0.135. The van der Waals surface area contributed by atoms with Gasteiger partial charge in [-0.25, -0.2) is 0 Å². The third kappa shape index (κ3) is 3.93. The van der Waals surface area contributed by atoms with Crippen LogP contribution < -0.4 is 10.5 Å². The Balaban J connectivity index is 2.25. The molecular weight excluding hydrogens is 321 g/mol. The highest BCUT2D eigenvalue weighted by molar-refractivity contribution is 6.42. The van der Waals surface area contributed by atoms with Crippen LogP contribution in [-0.4, -0.2) is 11.9 Å². The van der Waals surface area contributed by atoms with Gasteiger partial charge in [0.2, 0.25) is 5.78 Å². The van der Waals surface area contributed by atoms with Crippen LogP contribution in [0.25, 0.3) is 0 Å². The quantitative estimate of drug-likeness (QED) is 0.595. The molecule has 0 saturated carbocycles. The Morgan fingerprint density at radius 2 is 1.91 bits per heavy atom. The number of nitrogen functional groups attached to an aromatic ring is 1. The van der Waals surface area contributed by atoms with E-state index in [0.29, 0.717) is 33.5 Å². The molecule has 2 N–H and O–H groups in total. The van der Waals surface area contributed by atoms with E-state index in [2.05, 4.69) is 0 Å². The number of ketones is 1. The summed E-state index contributed by atoms with van der Waals surface area (Å²) in [6.07, 6.45) is 0.796. The topological polar surface area (TPSA) is 52.3 Å². The van der Waals surface area contributed by atoms with Crippen LogP contribution in [0.5, 0.6) is 5.75 Å². The van der Waals surface area contributed by atoms with Crippen LogP contribution in [0.2, 0.25) is 10.0 Å². The summed E-state index contributed by atoms with van der Waals surface area (Å²) in [5, 5.41) is 0.764. The fourth-order valence-corrected chi connectivity index (χ4v) is 2.38. The van der Waals surface area contributed by atoms with E-state index in [1.165, 1.54) is 0 Å². The number of carbonyl (C=O) groups excluding carboxylic acids is 1. The van der Waals surface area contributed by atoms with Crippen LogP contribution in [0.4, 0.5) is 5.69 Å². The molecule has 2 aromatic carbocycles. The zero-order chi connectivity index (χ0) is 16.1. The third-order valence-electron chi connectivity index (χ3n) is 3.24. The summed E-state index contributed by atoms with van der Waals surface area (Å²) in [7, 11) is 0. The second-order valence-corrected chi connectivity index (χ2v) is 5.74. The smallest absolute Gasteiger partial charge is 0.203 e. The first-order valence-corrected chi connectivity index (χ1v) is 7.79. The molecule has 1 atom stereocenters. The first kappa shape index (κ1) is 16.7. The van der Waals surface area contributed by atoms with Crippen molar-refractivity contribution in [2.45, 2.75) is 25.9 Å². The number of anilines is 1. The summed E-state index contributed by atoms with van der Waals surface area (Å²) in [4.78, 5) is 12.6. The first-order chi connectivity index (χ1) is 10.5. The second-order valence-electron chi connectivity index (χ2n) is 4.93. The molecule has 22 heavy (non-hydrogen) atoms. The average Bonchev–Trinajstić information content (AvgIpc) is 2.51. The molecule has 1 unspecified atom stereocenters. The molecule has 0 fully saturated rings. The maximum absolute atomic E-state index is 12.6. The number of rotatable bonds is 6. The molecule has 0 saturated heterocycles. The average molecular weight is 338 g/mol. The fourth-order valence-electron chi connectivity index (χ4n) is 2.08. The zero-order valence-electron chi connectivity index (χ0n) is 12.2. The van der Waals surface area contributed by atoms with Gasteiger partial charge in [0.15, 0.2) is 6.10 Å². The summed E-state index contributed by atoms with van der Waals surface area (Å²) < 4.78 is 5.82. The highest BCUT2D eigenvalue weighted by Crippen LogP contribution is 2.26. The summed E-state index contributed by atoms with van der Waals surface area (Å²) in [5.74, 6) is 0.373. The Morgan fingerprint density at radius 1 is 1.18 bits per heavy atom. The molecule has 0 amide bonds. The number of benzene rings is 2. The fraction of sp³-hybridized carbons (Fsp3) is 0.235. The number of carbonyl (C=O) groups is 1. The Bertz CT molecular complexity index is 673. The summed E-state index contributed by atoms with van der Waals surface area (Å²) in [5.41, 5.74) is 6.85. The van der Waals surface area contributed by atoms with Gasteiger partial charge < -0.3 is 10.5 Å². The highest BCUT2D eigenvalue weighted by atomic mass is 35.5. The molecule has 3 nitrogen and oxygen atoms in total. The normalized spacial score (nSPS) is 12.0. The van der Waals surface area contributed by atoms with Gasteiger partial charge in [0.1, 0.15) is 5.75 Å². The molecule has 0 bridgehead atoms. The molecule has 116 valence electrons. The van der Waals surface area contributed by atoms with Gasteiger partial charge in [-0.3, -0.25) is 4.79 Å². The number of hydrogen-bond acceptors (Lipinski definition) is 3. The largest absolute Gasteiger partial charge is 0.480 e. The van der Waals surface area contributed by atoms with E-state index in [1.807, 2.05) is 19.1 Å². The van der Waals surface area contributed by atoms with Gasteiger partial charge in [-0.1, -0.05) is 48.7 Å². The van der Waals surface area contributed by atoms with Gasteiger partial charge in [-0.2, -0.15) is 0 Å². The van der Waals surface area contributed by atoms with E-state index in [1.54, 1.807) is 30.3 Å². The van der Waals surface area contributed by atoms with Crippen molar-refractivity contribution in [2.24, 2.45) is 0 Å². The molecule has 2 aromatic rings. The van der Waals surface area contributed by atoms with Gasteiger partial charge in [-0.05, 0) is 36.8 Å². The Kier molecular flexibility index (Phi) is 5.69. The van der Waals surface area contributed by atoms with Crippen LogP contribution in [-0.2, 0) is 0 Å². The Labute approximate surface area is 140 Å². The van der Waals surface area contributed by atoms with Crippen molar-refractivity contribution in [2.75, 3.05) is 5.73 Å². The van der Waals surface area contributed by atoms with E-state index < -0.39 is 6.10 Å². The highest BCUT2D eigenvalue weighted by Gasteiger charge is 2.22. The summed E-state index contributed by atoms with van der Waals surface area (Å²) in [6, 6.07) is 11.9. The zero-order valence-corrected chi connectivity index (χ0v) is 13.7. The Morgan fingerprint density at radius 3 is 2.55 bits per heavy atom. The molecule has 0 heterocycles. The third-order valence-corrected chi connectivity index (χ3v) is 3.97. The molecule has 0 spiro atoms. The molecular formula is C17H17Cl2NO2. The van der Waals surface area contributed by atoms with Crippen LogP contribution in [0.1, 0.15) is 30.1 Å². The number of nitrogens with two attached hydrogens (primary N) is 1. The van der Waals surface area contributed by atoms with Gasteiger partial charge >= 0.3 is 0 Å². The van der Waals surface area contributed by atoms with Crippen molar-refractivity contribution in [1.82, 2.24) is 0 Å². The van der Waals surface area contributed by atoms with E-state index in [-0.39, 0.29) is 5.78 Å². The van der Waals surface area contributed by atoms with Crippen molar-refractivity contribution in [3.63, 3.8) is 0 Å². The molecule has 0 aliphatic heterocycles. The number of ether oxygens (including phenoxy) is 1. The second kappa shape index (κ2) is 7.52. The van der Waals surface area contributed by atoms with Crippen LogP contribution in [0, 0.1) is 0 Å². The van der Waals surface area contributed by atoms with E-state index >= 15 is 0 Å². The maximum Gasteiger partial charge on any atom is 0.203 e. The van der Waals surface area contributed by atoms with Gasteiger partial charge in [0.05, 0.1) is 15.7 Å². The predicted octanol–water partition coefficient (Wildman–Crippen LogP) is 5.01. The predicted molar refractivity (Wildman–Crippen MR) is 91.0 cm³/mol. The van der Waals surface area contributed by atoms with Crippen molar-refractivity contribution in [3.8, 4) is 5.75 Å². The lowest BCUT2D eigenvalue weighted by atomic mass is 10.0. The number of Topliss-reactive ketones (excluding diaryl/α,β-unsaturated/α-hetero) is 1. The SMILES string of the molecule is CCCC(Oc1ccccc1N)C(=O)c1ccc(Cl)c(Cl)c1. The molecule has 0 aromatic heterocycles. The number of halogens is 2. The van der Waals surface area contributed by atoms with Crippen LogP contribution in [0.15, 0.2) is 42.5 Å². The standard InChI is InChI=1S/C17H17Cl2NO2/c1-2-5-16(22-15-7-4-3-6-14(15)20)17(21)11-8-9-12(18)13(19)10-11/h3-4,6-10,16H,2,5,20H2,1H3. The lowest BCUT2D eigenvalue weighted by Crippen LogP contribution is -2.27. The maximum atomic E-state index is 12.6. The monoisotopic (exact) mass is 337 g/mol. The van der Waals surface area contributed by atoms with E-state index in [9.17, 15) is 4.79 Å². The van der Waals surface area contributed by atoms with Gasteiger partial charge in [0, 0.05) is 5.56 Å². The minimum atomic E-state index is -0.605. The number of hydrogen-bond donors (Lipinski definition) is 1. The van der Waals surface area contributed by atoms with Crippen LogP contribution >= 0.6 is 23.2 Å². The van der Waals surface area contributed by atoms with Gasteiger partial charge in [0.25, 0.3) is 0 Å². The van der Waals surface area contributed by atoms with Crippen molar-refractivity contribution >= 4 is 34.7 Å². The molecule has 0 aliphatic rings. The van der Waals surface area contributed by atoms with Crippen molar-refractivity contribution in [3.05, 3.63) is 58.1 Å². The lowest BCUT2D eigenvalue weighted by molar-refractivity contribution is 0.0779. The lowest BCUT2D eigenvalue weighted by Gasteiger charge is -2.19. The van der Waals surface area contributed by atoms with E-state index in [4.69, 9.17) is 33.7 Å². The molecule has 5 heteroatoms. The number of para-hydroxylation sites is 2. The van der Waals surface area contributed by atoms with Gasteiger partial charge in [-0.15, -0.1) is 0 Å². The van der Waals surface area contributed by atoms with Crippen LogP contribution in [0.3, 0.4) is 0 Å². The summed E-state index contributed by atoms with van der Waals surface area (Å²) in [6.45, 7) is 1.99. The molecule has 0 radical (unpaired) electrons. The molecule has 0 aliphatic carbocycles. The van der Waals surface area contributed by atoms with Crippen molar-refractivity contribution in [1.29, 1.82) is 0 Å². The summed E-state index contributed by atoms with van der Waals surface area (Å²) >= 11 is 11.9. The molecule has 2 rings (SSSR count). The minimum Gasteiger partial charge on any atom is -0.480 e.